The third kappa shape index (κ3) is 3.97. The second kappa shape index (κ2) is 7.45. The molecule has 108 valence electrons. The highest BCUT2D eigenvalue weighted by Gasteiger charge is 2.12. The molecule has 20 heavy (non-hydrogen) atoms. The van der Waals surface area contributed by atoms with Crippen molar-refractivity contribution in [3.63, 3.8) is 0 Å². The molecule has 0 saturated heterocycles. The second-order valence-electron chi connectivity index (χ2n) is 4.13. The molecule has 0 aliphatic heterocycles. The van der Waals surface area contributed by atoms with E-state index in [-0.39, 0.29) is 0 Å². The summed E-state index contributed by atoms with van der Waals surface area (Å²) in [4.78, 5) is 1.16. The summed E-state index contributed by atoms with van der Waals surface area (Å²) in [6.45, 7) is 1.31. The Balaban J connectivity index is 2.17. The van der Waals surface area contributed by atoms with Crippen LogP contribution in [0.15, 0.2) is 32.5 Å². The summed E-state index contributed by atoms with van der Waals surface area (Å²) in [6.07, 6.45) is 0. The summed E-state index contributed by atoms with van der Waals surface area (Å²) in [5.41, 5.74) is 1.14. The number of methoxy groups -OCH3 is 1. The Hall–Kier alpha value is -0.560. The van der Waals surface area contributed by atoms with E-state index in [1.54, 1.807) is 18.4 Å². The van der Waals surface area contributed by atoms with Gasteiger partial charge in [-0.25, -0.2) is 0 Å². The summed E-state index contributed by atoms with van der Waals surface area (Å²) >= 11 is 8.66. The van der Waals surface area contributed by atoms with Gasteiger partial charge in [0.1, 0.15) is 6.61 Å². The van der Waals surface area contributed by atoms with Gasteiger partial charge < -0.3 is 14.8 Å². The van der Waals surface area contributed by atoms with Crippen LogP contribution in [0.2, 0.25) is 0 Å². The standard InChI is InChI=1S/C14H15Br2NO2S/c1-17-7-9-5-11(15)14(12(6-9)18-2)19-8-10-3-4-13(16)20-10/h3-6,17H,7-8H2,1-2H3. The van der Waals surface area contributed by atoms with Crippen molar-refractivity contribution in [3.8, 4) is 11.5 Å². The van der Waals surface area contributed by atoms with E-state index in [9.17, 15) is 0 Å². The Morgan fingerprint density at radius 1 is 1.25 bits per heavy atom. The minimum Gasteiger partial charge on any atom is -0.493 e. The van der Waals surface area contributed by atoms with Gasteiger partial charge in [-0.05, 0) is 68.7 Å². The molecule has 1 aromatic carbocycles. The van der Waals surface area contributed by atoms with Crippen LogP contribution in [-0.2, 0) is 13.2 Å². The van der Waals surface area contributed by atoms with Gasteiger partial charge in [0.25, 0.3) is 0 Å². The van der Waals surface area contributed by atoms with Crippen molar-refractivity contribution in [1.82, 2.24) is 5.32 Å². The van der Waals surface area contributed by atoms with E-state index in [4.69, 9.17) is 9.47 Å². The minimum absolute atomic E-state index is 0.524. The fraction of sp³-hybridized carbons (Fsp3) is 0.286. The van der Waals surface area contributed by atoms with Crippen LogP contribution in [0.5, 0.6) is 11.5 Å². The highest BCUT2D eigenvalue weighted by atomic mass is 79.9. The zero-order chi connectivity index (χ0) is 14.5. The molecule has 1 N–H and O–H groups in total. The maximum atomic E-state index is 5.89. The van der Waals surface area contributed by atoms with Crippen molar-refractivity contribution >= 4 is 43.2 Å². The first-order valence-corrected chi connectivity index (χ1v) is 8.42. The zero-order valence-electron chi connectivity index (χ0n) is 11.2. The fourth-order valence-electron chi connectivity index (χ4n) is 1.79. The molecule has 0 bridgehead atoms. The smallest absolute Gasteiger partial charge is 0.175 e. The summed E-state index contributed by atoms with van der Waals surface area (Å²) in [5.74, 6) is 1.47. The number of benzene rings is 1. The monoisotopic (exact) mass is 419 g/mol. The molecule has 0 aliphatic carbocycles. The molecule has 1 aromatic heterocycles. The molecule has 0 fully saturated rings. The number of ether oxygens (including phenoxy) is 2. The van der Waals surface area contributed by atoms with Gasteiger partial charge in [0.05, 0.1) is 15.4 Å². The number of thiophene rings is 1. The molecule has 0 unspecified atom stereocenters. The van der Waals surface area contributed by atoms with Crippen molar-refractivity contribution < 1.29 is 9.47 Å². The molecule has 2 rings (SSSR count). The van der Waals surface area contributed by atoms with Crippen molar-refractivity contribution in [3.05, 3.63) is 43.0 Å². The molecule has 0 saturated carbocycles. The van der Waals surface area contributed by atoms with Crippen molar-refractivity contribution in [2.75, 3.05) is 14.2 Å². The Morgan fingerprint density at radius 2 is 2.05 bits per heavy atom. The number of hydrogen-bond donors (Lipinski definition) is 1. The topological polar surface area (TPSA) is 30.5 Å². The molecule has 3 nitrogen and oxygen atoms in total. The first kappa shape index (κ1) is 15.8. The summed E-state index contributed by atoms with van der Waals surface area (Å²) in [7, 11) is 3.57. The molecular weight excluding hydrogens is 406 g/mol. The third-order valence-electron chi connectivity index (χ3n) is 2.66. The van der Waals surface area contributed by atoms with Crippen molar-refractivity contribution in [1.29, 1.82) is 0 Å². The molecule has 1 heterocycles. The van der Waals surface area contributed by atoms with Gasteiger partial charge in [0, 0.05) is 11.4 Å². The predicted octanol–water partition coefficient (Wildman–Crippen LogP) is 4.58. The highest BCUT2D eigenvalue weighted by molar-refractivity contribution is 9.11. The van der Waals surface area contributed by atoms with Gasteiger partial charge in [-0.3, -0.25) is 0 Å². The van der Waals surface area contributed by atoms with Gasteiger partial charge in [0.2, 0.25) is 0 Å². The van der Waals surface area contributed by atoms with E-state index < -0.39 is 0 Å². The molecule has 2 aromatic rings. The first-order chi connectivity index (χ1) is 9.63. The number of hydrogen-bond acceptors (Lipinski definition) is 4. The third-order valence-corrected chi connectivity index (χ3v) is 4.84. The Bertz CT molecular complexity index is 587. The van der Waals surface area contributed by atoms with Crippen LogP contribution in [0, 0.1) is 0 Å². The molecule has 0 atom stereocenters. The maximum absolute atomic E-state index is 5.89. The SMILES string of the molecule is CNCc1cc(Br)c(OCc2ccc(Br)s2)c(OC)c1. The number of nitrogens with one attached hydrogen (secondary N) is 1. The van der Waals surface area contributed by atoms with Crippen molar-refractivity contribution in [2.45, 2.75) is 13.2 Å². The zero-order valence-corrected chi connectivity index (χ0v) is 15.2. The van der Waals surface area contributed by atoms with Gasteiger partial charge in [0.15, 0.2) is 11.5 Å². The Morgan fingerprint density at radius 3 is 2.65 bits per heavy atom. The molecule has 6 heteroatoms. The van der Waals surface area contributed by atoms with E-state index in [1.807, 2.05) is 31.3 Å². The fourth-order valence-corrected chi connectivity index (χ4v) is 3.79. The number of halogens is 2. The lowest BCUT2D eigenvalue weighted by atomic mass is 10.2. The van der Waals surface area contributed by atoms with E-state index in [0.29, 0.717) is 6.61 Å². The van der Waals surface area contributed by atoms with Crippen LogP contribution in [-0.4, -0.2) is 14.2 Å². The largest absolute Gasteiger partial charge is 0.493 e. The molecular formula is C14H15Br2NO2S. The maximum Gasteiger partial charge on any atom is 0.175 e. The average molecular weight is 421 g/mol. The van der Waals surface area contributed by atoms with Crippen LogP contribution >= 0.6 is 43.2 Å². The van der Waals surface area contributed by atoms with Gasteiger partial charge >= 0.3 is 0 Å². The van der Waals surface area contributed by atoms with Gasteiger partial charge in [-0.15, -0.1) is 11.3 Å². The van der Waals surface area contributed by atoms with E-state index in [2.05, 4.69) is 37.2 Å². The molecule has 0 amide bonds. The van der Waals surface area contributed by atoms with Crippen LogP contribution in [0.3, 0.4) is 0 Å². The second-order valence-corrected chi connectivity index (χ2v) is 7.54. The van der Waals surface area contributed by atoms with Gasteiger partial charge in [-0.2, -0.15) is 0 Å². The van der Waals surface area contributed by atoms with E-state index in [0.717, 1.165) is 36.7 Å². The highest BCUT2D eigenvalue weighted by Crippen LogP contribution is 2.37. The van der Waals surface area contributed by atoms with Gasteiger partial charge in [-0.1, -0.05) is 0 Å². The van der Waals surface area contributed by atoms with Crippen LogP contribution in [0.1, 0.15) is 10.4 Å². The van der Waals surface area contributed by atoms with Crippen molar-refractivity contribution in [2.24, 2.45) is 0 Å². The van der Waals surface area contributed by atoms with Crippen LogP contribution in [0.25, 0.3) is 0 Å². The minimum atomic E-state index is 0.524. The normalized spacial score (nSPS) is 10.6. The number of rotatable bonds is 6. The first-order valence-electron chi connectivity index (χ1n) is 6.02. The van der Waals surface area contributed by atoms with E-state index in [1.165, 1.54) is 0 Å². The summed E-state index contributed by atoms with van der Waals surface area (Å²) in [5, 5.41) is 3.12. The van der Waals surface area contributed by atoms with Crippen LogP contribution in [0.4, 0.5) is 0 Å². The molecule has 0 radical (unpaired) electrons. The average Bonchev–Trinajstić information content (AvgIpc) is 2.83. The lowest BCUT2D eigenvalue weighted by molar-refractivity contribution is 0.285. The van der Waals surface area contributed by atoms with Crippen LogP contribution < -0.4 is 14.8 Å². The van der Waals surface area contributed by atoms with E-state index >= 15 is 0 Å². The summed E-state index contributed by atoms with van der Waals surface area (Å²) in [6, 6.07) is 8.09. The lowest BCUT2D eigenvalue weighted by Gasteiger charge is -2.14. The molecule has 0 aliphatic rings. The summed E-state index contributed by atoms with van der Waals surface area (Å²) < 4.78 is 13.3. The quantitative estimate of drug-likeness (QED) is 0.741. The Kier molecular flexibility index (Phi) is 5.89. The predicted molar refractivity (Wildman–Crippen MR) is 89.8 cm³/mol. The Labute approximate surface area is 139 Å². The lowest BCUT2D eigenvalue weighted by Crippen LogP contribution is -2.06. The molecule has 0 spiro atoms.